The summed E-state index contributed by atoms with van der Waals surface area (Å²) in [5.74, 6) is 0.479. The summed E-state index contributed by atoms with van der Waals surface area (Å²) in [4.78, 5) is 23.7. The molecule has 0 heterocycles. The molecule has 1 amide bonds. The van der Waals surface area contributed by atoms with E-state index in [2.05, 4.69) is 21.2 Å². The van der Waals surface area contributed by atoms with Gasteiger partial charge in [-0.05, 0) is 48.4 Å². The highest BCUT2D eigenvalue weighted by atomic mass is 79.9. The molecule has 4 nitrogen and oxygen atoms in total. The van der Waals surface area contributed by atoms with Crippen molar-refractivity contribution in [1.82, 2.24) is 5.32 Å². The molecule has 0 saturated heterocycles. The van der Waals surface area contributed by atoms with Crippen molar-refractivity contribution in [3.8, 4) is 5.75 Å². The van der Waals surface area contributed by atoms with Crippen LogP contribution in [0.1, 0.15) is 48.7 Å². The van der Waals surface area contributed by atoms with Crippen LogP contribution in [0.4, 0.5) is 0 Å². The number of halogens is 1. The lowest BCUT2D eigenvalue weighted by Gasteiger charge is -2.18. The van der Waals surface area contributed by atoms with Gasteiger partial charge in [-0.3, -0.25) is 9.59 Å². The predicted molar refractivity (Wildman–Crippen MR) is 102 cm³/mol. The van der Waals surface area contributed by atoms with Crippen LogP contribution in [0, 0.1) is 0 Å². The third-order valence-corrected chi connectivity index (χ3v) is 4.41. The van der Waals surface area contributed by atoms with E-state index < -0.39 is 0 Å². The van der Waals surface area contributed by atoms with Gasteiger partial charge in [0.1, 0.15) is 5.75 Å². The standard InChI is InChI=1S/C20H22BrNO3/c1-3-18(14-5-9-16(21)10-6-14)22-20(24)13-25-17-11-7-15(8-12-17)19(23)4-2/h5-12,18H,3-4,13H2,1-2H3,(H,22,24). The Morgan fingerprint density at radius 1 is 1.04 bits per heavy atom. The second-order valence-electron chi connectivity index (χ2n) is 5.67. The van der Waals surface area contributed by atoms with Crippen molar-refractivity contribution in [2.75, 3.05) is 6.61 Å². The van der Waals surface area contributed by atoms with E-state index in [0.717, 1.165) is 16.5 Å². The summed E-state index contributed by atoms with van der Waals surface area (Å²) in [5.41, 5.74) is 1.71. The van der Waals surface area contributed by atoms with Gasteiger partial charge in [-0.2, -0.15) is 0 Å². The minimum atomic E-state index is -0.177. The van der Waals surface area contributed by atoms with Crippen molar-refractivity contribution < 1.29 is 14.3 Å². The van der Waals surface area contributed by atoms with Crippen LogP contribution in [0.25, 0.3) is 0 Å². The fraction of sp³-hybridized carbons (Fsp3) is 0.300. The minimum Gasteiger partial charge on any atom is -0.484 e. The van der Waals surface area contributed by atoms with Gasteiger partial charge in [-0.1, -0.05) is 41.9 Å². The quantitative estimate of drug-likeness (QED) is 0.650. The summed E-state index contributed by atoms with van der Waals surface area (Å²) in [6.07, 6.45) is 1.26. The lowest BCUT2D eigenvalue weighted by atomic mass is 10.0. The molecule has 25 heavy (non-hydrogen) atoms. The van der Waals surface area contributed by atoms with E-state index in [-0.39, 0.29) is 24.3 Å². The van der Waals surface area contributed by atoms with Crippen molar-refractivity contribution >= 4 is 27.6 Å². The third kappa shape index (κ3) is 5.71. The summed E-state index contributed by atoms with van der Waals surface area (Å²) >= 11 is 3.41. The molecule has 0 aromatic heterocycles. The number of hydrogen-bond donors (Lipinski definition) is 1. The SMILES string of the molecule is CCC(=O)c1ccc(OCC(=O)NC(CC)c2ccc(Br)cc2)cc1. The van der Waals surface area contributed by atoms with Gasteiger partial charge in [-0.15, -0.1) is 0 Å². The van der Waals surface area contributed by atoms with Crippen LogP contribution in [0.3, 0.4) is 0 Å². The van der Waals surface area contributed by atoms with Crippen molar-refractivity contribution in [2.45, 2.75) is 32.7 Å². The van der Waals surface area contributed by atoms with E-state index in [0.29, 0.717) is 17.7 Å². The topological polar surface area (TPSA) is 55.4 Å². The normalized spacial score (nSPS) is 11.6. The van der Waals surface area contributed by atoms with Crippen LogP contribution in [-0.4, -0.2) is 18.3 Å². The van der Waals surface area contributed by atoms with Crippen LogP contribution in [0.2, 0.25) is 0 Å². The smallest absolute Gasteiger partial charge is 0.258 e. The molecule has 2 rings (SSSR count). The number of nitrogens with one attached hydrogen (secondary N) is 1. The van der Waals surface area contributed by atoms with Gasteiger partial charge >= 0.3 is 0 Å². The first-order valence-electron chi connectivity index (χ1n) is 8.34. The number of hydrogen-bond acceptors (Lipinski definition) is 3. The number of ether oxygens (including phenoxy) is 1. The Morgan fingerprint density at radius 2 is 1.68 bits per heavy atom. The number of ketones is 1. The van der Waals surface area contributed by atoms with Crippen molar-refractivity contribution in [2.24, 2.45) is 0 Å². The molecule has 1 atom stereocenters. The van der Waals surface area contributed by atoms with E-state index in [9.17, 15) is 9.59 Å². The molecular formula is C20H22BrNO3. The van der Waals surface area contributed by atoms with Crippen molar-refractivity contribution in [1.29, 1.82) is 0 Å². The molecule has 0 saturated carbocycles. The number of carbonyl (C=O) groups excluding carboxylic acids is 2. The van der Waals surface area contributed by atoms with Crippen LogP contribution in [0.5, 0.6) is 5.75 Å². The molecule has 0 aliphatic carbocycles. The highest BCUT2D eigenvalue weighted by molar-refractivity contribution is 9.10. The Hall–Kier alpha value is -2.14. The molecule has 0 spiro atoms. The lowest BCUT2D eigenvalue weighted by molar-refractivity contribution is -0.123. The van der Waals surface area contributed by atoms with Crippen molar-refractivity contribution in [3.63, 3.8) is 0 Å². The molecule has 0 bridgehead atoms. The molecule has 132 valence electrons. The molecule has 0 aliphatic heterocycles. The lowest BCUT2D eigenvalue weighted by Crippen LogP contribution is -2.32. The summed E-state index contributed by atoms with van der Waals surface area (Å²) in [6.45, 7) is 3.79. The largest absolute Gasteiger partial charge is 0.484 e. The van der Waals surface area contributed by atoms with E-state index in [1.165, 1.54) is 0 Å². The Morgan fingerprint density at radius 3 is 2.24 bits per heavy atom. The van der Waals surface area contributed by atoms with E-state index >= 15 is 0 Å². The first kappa shape index (κ1) is 19.2. The Balaban J connectivity index is 1.88. The number of carbonyl (C=O) groups is 2. The number of rotatable bonds is 8. The fourth-order valence-electron chi connectivity index (χ4n) is 2.44. The maximum atomic E-state index is 12.1. The fourth-order valence-corrected chi connectivity index (χ4v) is 2.71. The first-order valence-corrected chi connectivity index (χ1v) is 9.13. The van der Waals surface area contributed by atoms with Gasteiger partial charge in [0.15, 0.2) is 12.4 Å². The zero-order chi connectivity index (χ0) is 18.2. The maximum Gasteiger partial charge on any atom is 0.258 e. The van der Waals surface area contributed by atoms with Crippen LogP contribution in [0.15, 0.2) is 53.0 Å². The number of Topliss-reactive ketones (excluding diaryl/α,β-unsaturated/α-hetero) is 1. The molecule has 0 radical (unpaired) electrons. The molecule has 5 heteroatoms. The first-order chi connectivity index (χ1) is 12.0. The average molecular weight is 404 g/mol. The van der Waals surface area contributed by atoms with Gasteiger partial charge in [0.25, 0.3) is 5.91 Å². The summed E-state index contributed by atoms with van der Waals surface area (Å²) in [7, 11) is 0. The van der Waals surface area contributed by atoms with Gasteiger partial charge in [-0.25, -0.2) is 0 Å². The van der Waals surface area contributed by atoms with E-state index in [1.807, 2.05) is 38.1 Å². The molecule has 1 unspecified atom stereocenters. The monoisotopic (exact) mass is 403 g/mol. The molecular weight excluding hydrogens is 382 g/mol. The second-order valence-corrected chi connectivity index (χ2v) is 6.59. The van der Waals surface area contributed by atoms with Crippen LogP contribution < -0.4 is 10.1 Å². The zero-order valence-corrected chi connectivity index (χ0v) is 16.0. The molecule has 0 aliphatic rings. The second kappa shape index (κ2) is 9.37. The number of amides is 1. The zero-order valence-electron chi connectivity index (χ0n) is 14.4. The van der Waals surface area contributed by atoms with Gasteiger partial charge < -0.3 is 10.1 Å². The Bertz CT molecular complexity index is 711. The average Bonchev–Trinajstić information content (AvgIpc) is 2.65. The van der Waals surface area contributed by atoms with E-state index in [4.69, 9.17) is 4.74 Å². The minimum absolute atomic E-state index is 0.0475. The molecule has 2 aromatic carbocycles. The summed E-state index contributed by atoms with van der Waals surface area (Å²) < 4.78 is 6.51. The van der Waals surface area contributed by atoms with E-state index in [1.54, 1.807) is 24.3 Å². The Kier molecular flexibility index (Phi) is 7.19. The van der Waals surface area contributed by atoms with Crippen LogP contribution >= 0.6 is 15.9 Å². The maximum absolute atomic E-state index is 12.1. The van der Waals surface area contributed by atoms with Crippen molar-refractivity contribution in [3.05, 3.63) is 64.1 Å². The van der Waals surface area contributed by atoms with Crippen LogP contribution in [-0.2, 0) is 4.79 Å². The third-order valence-electron chi connectivity index (χ3n) is 3.88. The predicted octanol–water partition coefficient (Wildman–Crippen LogP) is 4.69. The highest BCUT2D eigenvalue weighted by Crippen LogP contribution is 2.19. The summed E-state index contributed by atoms with van der Waals surface area (Å²) in [5, 5.41) is 2.98. The Labute approximate surface area is 156 Å². The van der Waals surface area contributed by atoms with Gasteiger partial charge in [0.05, 0.1) is 6.04 Å². The molecule has 0 fully saturated rings. The van der Waals surface area contributed by atoms with Gasteiger partial charge in [0, 0.05) is 16.5 Å². The van der Waals surface area contributed by atoms with Gasteiger partial charge in [0.2, 0.25) is 0 Å². The molecule has 1 N–H and O–H groups in total. The highest BCUT2D eigenvalue weighted by Gasteiger charge is 2.13. The number of benzene rings is 2. The summed E-state index contributed by atoms with van der Waals surface area (Å²) in [6, 6.07) is 14.7. The molecule has 2 aromatic rings.